The summed E-state index contributed by atoms with van der Waals surface area (Å²) >= 11 is 0. The van der Waals surface area contributed by atoms with Gasteiger partial charge in [-0.3, -0.25) is 14.2 Å². The van der Waals surface area contributed by atoms with E-state index in [2.05, 4.69) is 10.3 Å². The average Bonchev–Trinajstić information content (AvgIpc) is 3.33. The molecule has 8 heteroatoms. The smallest absolute Gasteiger partial charge is 0.326 e. The van der Waals surface area contributed by atoms with Gasteiger partial charge in [0.2, 0.25) is 0 Å². The molecule has 0 aliphatic heterocycles. The van der Waals surface area contributed by atoms with E-state index in [1.165, 1.54) is 0 Å². The molecule has 0 unspecified atom stereocenters. The van der Waals surface area contributed by atoms with E-state index >= 15 is 0 Å². The largest absolute Gasteiger partial charge is 0.484 e. The predicted octanol–water partition coefficient (Wildman–Crippen LogP) is 2.56. The van der Waals surface area contributed by atoms with Crippen molar-refractivity contribution in [2.24, 2.45) is 5.73 Å². The number of amides is 2. The predicted molar refractivity (Wildman–Crippen MR) is 109 cm³/mol. The van der Waals surface area contributed by atoms with E-state index in [9.17, 15) is 14.4 Å². The van der Waals surface area contributed by atoms with Gasteiger partial charge in [0, 0.05) is 17.3 Å². The van der Waals surface area contributed by atoms with E-state index in [1.54, 1.807) is 36.4 Å². The molecule has 1 saturated carbocycles. The summed E-state index contributed by atoms with van der Waals surface area (Å²) in [5.41, 5.74) is 7.43. The fourth-order valence-corrected chi connectivity index (χ4v) is 3.79. The van der Waals surface area contributed by atoms with Crippen molar-refractivity contribution in [3.63, 3.8) is 0 Å². The summed E-state index contributed by atoms with van der Waals surface area (Å²) in [5, 5.41) is 2.81. The molecule has 0 radical (unpaired) electrons. The van der Waals surface area contributed by atoms with E-state index in [0.29, 0.717) is 22.5 Å². The minimum atomic E-state index is -0.558. The molecule has 1 aliphatic carbocycles. The number of aromatic nitrogens is 2. The normalized spacial score (nSPS) is 14.2. The number of hydrogen-bond acceptors (Lipinski definition) is 4. The van der Waals surface area contributed by atoms with Crippen molar-refractivity contribution in [2.75, 3.05) is 11.9 Å². The Bertz CT molecular complexity index is 1110. The van der Waals surface area contributed by atoms with Crippen LogP contribution in [0.5, 0.6) is 5.75 Å². The second kappa shape index (κ2) is 7.83. The standard InChI is InChI=1S/C21H22N4O4/c22-19(26)12-29-16-8-6-14(7-9-16)23-20(27)13-5-10-18-17(11-13)24-21(28)25(18)15-3-1-2-4-15/h5-11,15H,1-4,12H2,(H2,22,26)(H,23,27)(H,24,28). The van der Waals surface area contributed by atoms with Crippen LogP contribution in [0.3, 0.4) is 0 Å². The molecule has 1 fully saturated rings. The Morgan fingerprint density at radius 2 is 1.86 bits per heavy atom. The molecule has 1 aliphatic rings. The lowest BCUT2D eigenvalue weighted by Crippen LogP contribution is -2.20. The van der Waals surface area contributed by atoms with Gasteiger partial charge >= 0.3 is 5.69 Å². The maximum Gasteiger partial charge on any atom is 0.326 e. The molecule has 2 amide bonds. The van der Waals surface area contributed by atoms with Crippen LogP contribution in [0.25, 0.3) is 11.0 Å². The number of ether oxygens (including phenoxy) is 1. The van der Waals surface area contributed by atoms with Crippen LogP contribution in [0.1, 0.15) is 42.1 Å². The van der Waals surface area contributed by atoms with E-state index in [0.717, 1.165) is 31.2 Å². The molecule has 3 aromatic rings. The first kappa shape index (κ1) is 18.8. The van der Waals surface area contributed by atoms with Crippen LogP contribution in [0.4, 0.5) is 5.69 Å². The number of H-pyrrole nitrogens is 1. The summed E-state index contributed by atoms with van der Waals surface area (Å²) in [5.74, 6) is -0.362. The topological polar surface area (TPSA) is 119 Å². The van der Waals surface area contributed by atoms with Crippen molar-refractivity contribution in [2.45, 2.75) is 31.7 Å². The van der Waals surface area contributed by atoms with Gasteiger partial charge in [-0.15, -0.1) is 0 Å². The van der Waals surface area contributed by atoms with Crippen molar-refractivity contribution >= 4 is 28.5 Å². The van der Waals surface area contributed by atoms with Gasteiger partial charge in [0.05, 0.1) is 11.0 Å². The molecule has 8 nitrogen and oxygen atoms in total. The first-order valence-corrected chi connectivity index (χ1v) is 9.58. The molecule has 0 bridgehead atoms. The summed E-state index contributed by atoms with van der Waals surface area (Å²) in [4.78, 5) is 38.6. The zero-order valence-electron chi connectivity index (χ0n) is 15.8. The highest BCUT2D eigenvalue weighted by molar-refractivity contribution is 6.06. The summed E-state index contributed by atoms with van der Waals surface area (Å²) in [7, 11) is 0. The zero-order valence-corrected chi connectivity index (χ0v) is 15.8. The Hall–Kier alpha value is -3.55. The lowest BCUT2D eigenvalue weighted by molar-refractivity contribution is -0.119. The maximum atomic E-state index is 12.6. The number of hydrogen-bond donors (Lipinski definition) is 3. The highest BCUT2D eigenvalue weighted by Crippen LogP contribution is 2.30. The number of rotatable bonds is 6. The van der Waals surface area contributed by atoms with Gasteiger partial charge in [0.15, 0.2) is 6.61 Å². The van der Waals surface area contributed by atoms with Crippen molar-refractivity contribution in [3.8, 4) is 5.75 Å². The number of primary amides is 1. The molecule has 29 heavy (non-hydrogen) atoms. The molecule has 2 aromatic carbocycles. The zero-order chi connectivity index (χ0) is 20.4. The Balaban J connectivity index is 1.50. The van der Waals surface area contributed by atoms with Gasteiger partial charge in [-0.25, -0.2) is 4.79 Å². The fraction of sp³-hybridized carbons (Fsp3) is 0.286. The first-order chi connectivity index (χ1) is 14.0. The highest BCUT2D eigenvalue weighted by Gasteiger charge is 2.21. The summed E-state index contributed by atoms with van der Waals surface area (Å²) in [6.45, 7) is -0.204. The maximum absolute atomic E-state index is 12.6. The van der Waals surface area contributed by atoms with Crippen molar-refractivity contribution in [1.82, 2.24) is 9.55 Å². The fourth-order valence-electron chi connectivity index (χ4n) is 3.79. The van der Waals surface area contributed by atoms with Crippen LogP contribution < -0.4 is 21.5 Å². The lowest BCUT2D eigenvalue weighted by Gasteiger charge is -2.11. The third kappa shape index (κ3) is 4.01. The first-order valence-electron chi connectivity index (χ1n) is 9.58. The molecular formula is C21H22N4O4. The van der Waals surface area contributed by atoms with Gasteiger partial charge in [0.25, 0.3) is 11.8 Å². The van der Waals surface area contributed by atoms with E-state index in [-0.39, 0.29) is 24.2 Å². The van der Waals surface area contributed by atoms with Crippen molar-refractivity contribution in [3.05, 3.63) is 58.5 Å². The number of carbonyl (C=O) groups excluding carboxylic acids is 2. The Morgan fingerprint density at radius 1 is 1.14 bits per heavy atom. The molecule has 0 spiro atoms. The summed E-state index contributed by atoms with van der Waals surface area (Å²) in [6.07, 6.45) is 4.29. The van der Waals surface area contributed by atoms with Crippen LogP contribution in [0.2, 0.25) is 0 Å². The number of aromatic amines is 1. The van der Waals surface area contributed by atoms with Gasteiger partial charge in [0.1, 0.15) is 5.75 Å². The summed E-state index contributed by atoms with van der Waals surface area (Å²) in [6, 6.07) is 12.1. The number of nitrogens with zero attached hydrogens (tertiary/aromatic N) is 1. The second-order valence-electron chi connectivity index (χ2n) is 7.20. The van der Waals surface area contributed by atoms with Crippen LogP contribution >= 0.6 is 0 Å². The molecule has 0 atom stereocenters. The van der Waals surface area contributed by atoms with Gasteiger partial charge in [-0.2, -0.15) is 0 Å². The number of carbonyl (C=O) groups is 2. The Labute approximate surface area is 166 Å². The third-order valence-corrected chi connectivity index (χ3v) is 5.16. The SMILES string of the molecule is NC(=O)COc1ccc(NC(=O)c2ccc3c(c2)[nH]c(=O)n3C2CCCC2)cc1. The minimum absolute atomic E-state index is 0.129. The Morgan fingerprint density at radius 3 is 2.55 bits per heavy atom. The number of fused-ring (bicyclic) bond motifs is 1. The van der Waals surface area contributed by atoms with Crippen molar-refractivity contribution in [1.29, 1.82) is 0 Å². The minimum Gasteiger partial charge on any atom is -0.484 e. The molecule has 150 valence electrons. The van der Waals surface area contributed by atoms with Crippen LogP contribution in [-0.2, 0) is 4.79 Å². The number of benzene rings is 2. The third-order valence-electron chi connectivity index (χ3n) is 5.16. The highest BCUT2D eigenvalue weighted by atomic mass is 16.5. The molecule has 4 N–H and O–H groups in total. The van der Waals surface area contributed by atoms with Crippen LogP contribution in [0.15, 0.2) is 47.3 Å². The Kier molecular flexibility index (Phi) is 5.07. The van der Waals surface area contributed by atoms with Gasteiger partial charge in [-0.05, 0) is 55.3 Å². The second-order valence-corrected chi connectivity index (χ2v) is 7.20. The number of anilines is 1. The van der Waals surface area contributed by atoms with Gasteiger partial charge < -0.3 is 20.8 Å². The van der Waals surface area contributed by atoms with Crippen LogP contribution in [0, 0.1) is 0 Å². The van der Waals surface area contributed by atoms with Crippen LogP contribution in [-0.4, -0.2) is 28.0 Å². The van der Waals surface area contributed by atoms with Crippen molar-refractivity contribution < 1.29 is 14.3 Å². The molecule has 1 aromatic heterocycles. The molecule has 0 saturated heterocycles. The van der Waals surface area contributed by atoms with E-state index < -0.39 is 5.91 Å². The average molecular weight is 394 g/mol. The lowest BCUT2D eigenvalue weighted by atomic mass is 10.1. The van der Waals surface area contributed by atoms with E-state index in [1.807, 2.05) is 10.6 Å². The van der Waals surface area contributed by atoms with E-state index in [4.69, 9.17) is 10.5 Å². The molecule has 1 heterocycles. The summed E-state index contributed by atoms with van der Waals surface area (Å²) < 4.78 is 7.01. The quantitative estimate of drug-likeness (QED) is 0.595. The number of imidazole rings is 1. The molecule has 4 rings (SSSR count). The number of nitrogens with one attached hydrogen (secondary N) is 2. The van der Waals surface area contributed by atoms with Gasteiger partial charge in [-0.1, -0.05) is 12.8 Å². The molecular weight excluding hydrogens is 372 g/mol. The monoisotopic (exact) mass is 394 g/mol. The number of nitrogens with two attached hydrogens (primary N) is 1.